The van der Waals surface area contributed by atoms with E-state index in [2.05, 4.69) is 4.99 Å². The molecule has 207 valence electrons. The fourth-order valence-electron chi connectivity index (χ4n) is 4.24. The van der Waals surface area contributed by atoms with Crippen LogP contribution in [0, 0.1) is 0 Å². The normalized spacial score (nSPS) is 17.0. The van der Waals surface area contributed by atoms with E-state index < -0.39 is 23.2 Å². The second-order valence-corrected chi connectivity index (χ2v) is 11.1. The number of carbonyl (C=O) groups is 1. The van der Waals surface area contributed by atoms with Crippen LogP contribution in [0.25, 0.3) is 0 Å². The molecule has 2 aromatic rings. The smallest absolute Gasteiger partial charge is 0.416 e. The number of methoxy groups -OCH3 is 1. The molecule has 1 aromatic carbocycles. The standard InChI is InChI=1S/C27H38F3N3O4.K/c1-25(2,3)22-16-23(33(32(22)6)17-19-9-8-13-36-19)31-24(34)20-15-18(27(28,29)30)10-11-21(20)37-14-12-26(4,5)35-7;/h10-11,15-16,19H,8-9,12-14,17H2,1-7H3;/t19-;/m1./s1. The van der Waals surface area contributed by atoms with Crippen LogP contribution in [-0.2, 0) is 34.7 Å². The van der Waals surface area contributed by atoms with Crippen molar-refractivity contribution in [2.24, 2.45) is 12.0 Å². The zero-order chi connectivity index (χ0) is 27.6. The molecule has 1 saturated heterocycles. The van der Waals surface area contributed by atoms with E-state index in [1.807, 2.05) is 57.1 Å². The summed E-state index contributed by atoms with van der Waals surface area (Å²) in [5, 5.41) is 0. The van der Waals surface area contributed by atoms with Gasteiger partial charge in [-0.05, 0) is 44.9 Å². The summed E-state index contributed by atoms with van der Waals surface area (Å²) in [6.45, 7) is 11.2. The first-order valence-electron chi connectivity index (χ1n) is 12.5. The van der Waals surface area contributed by atoms with Crippen molar-refractivity contribution in [2.75, 3.05) is 20.3 Å². The molecule has 0 spiro atoms. The molecule has 1 atom stereocenters. The summed E-state index contributed by atoms with van der Waals surface area (Å²) in [6.07, 6.45) is -2.31. The maximum Gasteiger partial charge on any atom is 0.416 e. The minimum Gasteiger partial charge on any atom is -0.493 e. The molecule has 0 aliphatic carbocycles. The molecule has 1 aliphatic heterocycles. The molecule has 1 fully saturated rings. The molecule has 38 heavy (non-hydrogen) atoms. The van der Waals surface area contributed by atoms with Gasteiger partial charge in [-0.1, -0.05) is 20.8 Å². The van der Waals surface area contributed by atoms with Crippen LogP contribution in [0.1, 0.15) is 75.5 Å². The number of hydrogen-bond donors (Lipinski definition) is 0. The van der Waals surface area contributed by atoms with Gasteiger partial charge < -0.3 is 14.2 Å². The van der Waals surface area contributed by atoms with E-state index in [1.165, 1.54) is 6.07 Å². The van der Waals surface area contributed by atoms with Gasteiger partial charge in [-0.25, -0.2) is 0 Å². The van der Waals surface area contributed by atoms with Gasteiger partial charge in [-0.2, -0.15) is 18.2 Å². The Morgan fingerprint density at radius 3 is 2.39 bits per heavy atom. The summed E-state index contributed by atoms with van der Waals surface area (Å²) in [5.74, 6) is -0.759. The van der Waals surface area contributed by atoms with Crippen molar-refractivity contribution in [3.05, 3.63) is 46.6 Å². The van der Waals surface area contributed by atoms with Gasteiger partial charge in [0.1, 0.15) is 5.75 Å². The predicted octanol–water partition coefficient (Wildman–Crippen LogP) is 4.88. The summed E-state index contributed by atoms with van der Waals surface area (Å²) in [4.78, 5) is 17.7. The SMILES string of the molecule is COC(C)(C)CCOc1ccc(C(F)(F)F)cc1C(=O)N=c1cc(C(C)(C)C)n(C)n1C[C@H]1CCCO1.[K]. The molecule has 1 radical (unpaired) electrons. The molecule has 2 heterocycles. The number of nitrogens with zero attached hydrogens (tertiary/aromatic N) is 3. The molecular weight excluding hydrogens is 526 g/mol. The average Bonchev–Trinajstić information content (AvgIpc) is 3.42. The second-order valence-electron chi connectivity index (χ2n) is 11.1. The molecule has 7 nitrogen and oxygen atoms in total. The van der Waals surface area contributed by atoms with Crippen molar-refractivity contribution < 1.29 is 32.2 Å². The maximum atomic E-state index is 13.5. The number of ether oxygens (including phenoxy) is 3. The van der Waals surface area contributed by atoms with E-state index in [-0.39, 0.29) is 80.8 Å². The zero-order valence-electron chi connectivity index (χ0n) is 23.7. The van der Waals surface area contributed by atoms with Gasteiger partial charge in [-0.3, -0.25) is 14.2 Å². The second kappa shape index (κ2) is 13.1. The molecule has 1 amide bonds. The number of rotatable bonds is 8. The number of halogens is 3. The minimum absolute atomic E-state index is 0. The van der Waals surface area contributed by atoms with Crippen LogP contribution in [0.2, 0.25) is 0 Å². The van der Waals surface area contributed by atoms with Gasteiger partial charge in [0.25, 0.3) is 5.91 Å². The third-order valence-electron chi connectivity index (χ3n) is 6.68. The average molecular weight is 565 g/mol. The van der Waals surface area contributed by atoms with Crippen molar-refractivity contribution in [1.82, 2.24) is 9.36 Å². The number of benzene rings is 1. The molecule has 1 aliphatic rings. The van der Waals surface area contributed by atoms with Crippen LogP contribution < -0.4 is 10.2 Å². The number of carbonyl (C=O) groups excluding carboxylic acids is 1. The Bertz CT molecular complexity index is 1170. The monoisotopic (exact) mass is 564 g/mol. The Hall–Kier alpha value is -0.954. The molecule has 3 rings (SSSR count). The Labute approximate surface area is 265 Å². The first-order valence-corrected chi connectivity index (χ1v) is 12.5. The topological polar surface area (TPSA) is 67.0 Å². The Morgan fingerprint density at radius 1 is 1.16 bits per heavy atom. The van der Waals surface area contributed by atoms with Crippen molar-refractivity contribution in [1.29, 1.82) is 0 Å². The van der Waals surface area contributed by atoms with Gasteiger partial charge in [0, 0.05) is 95.7 Å². The van der Waals surface area contributed by atoms with E-state index in [4.69, 9.17) is 14.2 Å². The quantitative estimate of drug-likeness (QED) is 0.429. The van der Waals surface area contributed by atoms with Crippen LogP contribution in [0.4, 0.5) is 13.2 Å². The van der Waals surface area contributed by atoms with Gasteiger partial charge in [0.05, 0.1) is 36.0 Å². The number of amides is 1. The van der Waals surface area contributed by atoms with E-state index >= 15 is 0 Å². The van der Waals surface area contributed by atoms with E-state index in [0.717, 1.165) is 30.7 Å². The fraction of sp³-hybridized carbons (Fsp3) is 0.630. The number of aromatic nitrogens is 2. The summed E-state index contributed by atoms with van der Waals surface area (Å²) in [6, 6.07) is 4.70. The third-order valence-corrected chi connectivity index (χ3v) is 6.68. The molecule has 0 unspecified atom stereocenters. The summed E-state index contributed by atoms with van der Waals surface area (Å²) < 4.78 is 61.2. The third kappa shape index (κ3) is 8.52. The van der Waals surface area contributed by atoms with Crippen LogP contribution >= 0.6 is 0 Å². The number of alkyl halides is 3. The number of hydrogen-bond acceptors (Lipinski definition) is 4. The van der Waals surface area contributed by atoms with Crippen molar-refractivity contribution >= 4 is 57.3 Å². The van der Waals surface area contributed by atoms with Gasteiger partial charge in [0.2, 0.25) is 0 Å². The summed E-state index contributed by atoms with van der Waals surface area (Å²) >= 11 is 0. The molecule has 0 bridgehead atoms. The van der Waals surface area contributed by atoms with Crippen molar-refractivity contribution in [3.63, 3.8) is 0 Å². The first kappa shape index (κ1) is 33.3. The zero-order valence-corrected chi connectivity index (χ0v) is 26.9. The Morgan fingerprint density at radius 2 is 1.84 bits per heavy atom. The first-order chi connectivity index (χ1) is 17.1. The van der Waals surface area contributed by atoms with Gasteiger partial charge >= 0.3 is 6.18 Å². The summed E-state index contributed by atoms with van der Waals surface area (Å²) in [5.41, 5.74) is -0.623. The van der Waals surface area contributed by atoms with Crippen LogP contribution in [0.5, 0.6) is 5.75 Å². The van der Waals surface area contributed by atoms with E-state index in [9.17, 15) is 18.0 Å². The molecule has 11 heteroatoms. The molecule has 0 N–H and O–H groups in total. The fourth-order valence-corrected chi connectivity index (χ4v) is 4.24. The molecule has 1 aromatic heterocycles. The Kier molecular flexibility index (Phi) is 11.5. The van der Waals surface area contributed by atoms with Crippen LogP contribution in [0.3, 0.4) is 0 Å². The summed E-state index contributed by atoms with van der Waals surface area (Å²) in [7, 11) is 3.46. The predicted molar refractivity (Wildman–Crippen MR) is 139 cm³/mol. The van der Waals surface area contributed by atoms with E-state index in [1.54, 1.807) is 7.11 Å². The van der Waals surface area contributed by atoms with Gasteiger partial charge in [-0.15, -0.1) is 0 Å². The Balaban J connectivity index is 0.00000507. The largest absolute Gasteiger partial charge is 0.493 e. The molecule has 0 saturated carbocycles. The van der Waals surface area contributed by atoms with E-state index in [0.29, 0.717) is 25.1 Å². The maximum absolute atomic E-state index is 13.5. The molecular formula is C27H38F3KN3O4. The van der Waals surface area contributed by atoms with Gasteiger partial charge in [0.15, 0.2) is 5.49 Å². The van der Waals surface area contributed by atoms with Crippen LogP contribution in [0.15, 0.2) is 29.3 Å². The van der Waals surface area contributed by atoms with Crippen molar-refractivity contribution in [3.8, 4) is 5.75 Å². The van der Waals surface area contributed by atoms with Crippen LogP contribution in [-0.4, -0.2) is 98.7 Å². The minimum atomic E-state index is -4.61. The van der Waals surface area contributed by atoms with Crippen molar-refractivity contribution in [2.45, 2.75) is 83.7 Å².